The van der Waals surface area contributed by atoms with E-state index >= 15 is 0 Å². The molecule has 2 aromatic rings. The maximum absolute atomic E-state index is 13.9. The summed E-state index contributed by atoms with van der Waals surface area (Å²) in [6.45, 7) is 5.82. The molecule has 0 saturated carbocycles. The van der Waals surface area contributed by atoms with Gasteiger partial charge in [0.1, 0.15) is 5.82 Å². The van der Waals surface area contributed by atoms with Crippen LogP contribution in [-0.4, -0.2) is 42.3 Å². The fraction of sp³-hybridized carbons (Fsp3) is 0.400. The molecule has 1 saturated heterocycles. The Morgan fingerprint density at radius 1 is 1.12 bits per heavy atom. The van der Waals surface area contributed by atoms with Gasteiger partial charge < -0.3 is 15.5 Å². The average molecular weight is 440 g/mol. The van der Waals surface area contributed by atoms with Crippen molar-refractivity contribution < 1.29 is 18.8 Å². The molecule has 0 radical (unpaired) electrons. The molecule has 2 N–H and O–H groups in total. The van der Waals surface area contributed by atoms with E-state index in [2.05, 4.69) is 24.5 Å². The second-order valence-electron chi connectivity index (χ2n) is 8.58. The van der Waals surface area contributed by atoms with E-state index < -0.39 is 11.7 Å². The summed E-state index contributed by atoms with van der Waals surface area (Å²) in [5.41, 5.74) is 0.757. The third-order valence-corrected chi connectivity index (χ3v) is 5.59. The van der Waals surface area contributed by atoms with E-state index in [0.717, 1.165) is 19.3 Å². The Morgan fingerprint density at radius 3 is 2.66 bits per heavy atom. The Labute approximate surface area is 188 Å². The lowest BCUT2D eigenvalue weighted by atomic mass is 9.96. The van der Waals surface area contributed by atoms with Crippen molar-refractivity contribution in [2.45, 2.75) is 33.1 Å². The maximum atomic E-state index is 13.9. The van der Waals surface area contributed by atoms with E-state index in [9.17, 15) is 18.8 Å². The number of hydrogen-bond donors (Lipinski definition) is 2. The van der Waals surface area contributed by atoms with Crippen LogP contribution in [0.15, 0.2) is 48.5 Å². The molecule has 0 bridgehead atoms. The van der Waals surface area contributed by atoms with Gasteiger partial charge in [0.25, 0.3) is 11.8 Å². The molecular weight excluding hydrogens is 409 g/mol. The van der Waals surface area contributed by atoms with Gasteiger partial charge >= 0.3 is 0 Å². The van der Waals surface area contributed by atoms with Crippen LogP contribution in [0.1, 0.15) is 53.8 Å². The fourth-order valence-corrected chi connectivity index (χ4v) is 3.76. The minimum absolute atomic E-state index is 0.00551. The van der Waals surface area contributed by atoms with Crippen LogP contribution in [0.4, 0.5) is 10.1 Å². The molecule has 0 spiro atoms. The normalized spacial score (nSPS) is 16.0. The molecule has 2 aromatic carbocycles. The lowest BCUT2D eigenvalue weighted by molar-refractivity contribution is -0.126. The van der Waals surface area contributed by atoms with E-state index in [1.165, 1.54) is 18.2 Å². The van der Waals surface area contributed by atoms with Gasteiger partial charge in [-0.1, -0.05) is 32.0 Å². The van der Waals surface area contributed by atoms with Gasteiger partial charge in [-0.25, -0.2) is 4.39 Å². The van der Waals surface area contributed by atoms with Gasteiger partial charge in [-0.2, -0.15) is 0 Å². The Kier molecular flexibility index (Phi) is 7.98. The lowest BCUT2D eigenvalue weighted by Gasteiger charge is -2.32. The van der Waals surface area contributed by atoms with Crippen LogP contribution < -0.4 is 10.6 Å². The van der Waals surface area contributed by atoms with Crippen LogP contribution >= 0.6 is 0 Å². The predicted molar refractivity (Wildman–Crippen MR) is 122 cm³/mol. The molecule has 0 aromatic heterocycles. The Morgan fingerprint density at radius 2 is 1.91 bits per heavy atom. The minimum atomic E-state index is -0.608. The first-order valence-electron chi connectivity index (χ1n) is 11.1. The molecule has 1 fully saturated rings. The van der Waals surface area contributed by atoms with Gasteiger partial charge in [0.15, 0.2) is 0 Å². The van der Waals surface area contributed by atoms with Gasteiger partial charge in [0.2, 0.25) is 5.91 Å². The average Bonchev–Trinajstić information content (AvgIpc) is 2.78. The lowest BCUT2D eigenvalue weighted by Crippen LogP contribution is -2.45. The summed E-state index contributed by atoms with van der Waals surface area (Å²) in [4.78, 5) is 39.6. The van der Waals surface area contributed by atoms with E-state index in [-0.39, 0.29) is 23.3 Å². The predicted octanol–water partition coefficient (Wildman–Crippen LogP) is 4.09. The van der Waals surface area contributed by atoms with Crippen LogP contribution in [-0.2, 0) is 4.79 Å². The number of amides is 3. The zero-order valence-corrected chi connectivity index (χ0v) is 18.6. The van der Waals surface area contributed by atoms with E-state index in [0.29, 0.717) is 36.8 Å². The number of likely N-dealkylation sites (tertiary alicyclic amines) is 1. The molecule has 6 nitrogen and oxygen atoms in total. The summed E-state index contributed by atoms with van der Waals surface area (Å²) >= 11 is 0. The highest BCUT2D eigenvalue weighted by atomic mass is 19.1. The van der Waals surface area contributed by atoms with Crippen molar-refractivity contribution in [3.8, 4) is 0 Å². The van der Waals surface area contributed by atoms with Gasteiger partial charge in [-0.3, -0.25) is 14.4 Å². The zero-order valence-electron chi connectivity index (χ0n) is 18.6. The zero-order chi connectivity index (χ0) is 23.1. The summed E-state index contributed by atoms with van der Waals surface area (Å²) in [5.74, 6) is -1.08. The summed E-state index contributed by atoms with van der Waals surface area (Å²) in [6, 6.07) is 12.3. The first kappa shape index (κ1) is 23.4. The molecule has 1 aliphatic rings. The molecule has 1 atom stereocenters. The number of anilines is 1. The first-order valence-corrected chi connectivity index (χ1v) is 11.1. The highest BCUT2D eigenvalue weighted by Crippen LogP contribution is 2.21. The highest BCUT2D eigenvalue weighted by Gasteiger charge is 2.29. The van der Waals surface area contributed by atoms with Gasteiger partial charge in [-0.15, -0.1) is 0 Å². The number of carbonyl (C=O) groups is 3. The van der Waals surface area contributed by atoms with E-state index in [1.807, 2.05) is 0 Å². The van der Waals surface area contributed by atoms with Crippen molar-refractivity contribution in [2.75, 3.05) is 25.0 Å². The number of rotatable bonds is 7. The topological polar surface area (TPSA) is 78.5 Å². The molecule has 7 heteroatoms. The number of benzene rings is 2. The Balaban J connectivity index is 1.63. The second-order valence-corrected chi connectivity index (χ2v) is 8.58. The molecule has 3 amide bonds. The highest BCUT2D eigenvalue weighted by molar-refractivity contribution is 6.05. The smallest absolute Gasteiger partial charge is 0.258 e. The van der Waals surface area contributed by atoms with Crippen molar-refractivity contribution in [1.29, 1.82) is 0 Å². The quantitative estimate of drug-likeness (QED) is 0.682. The number of nitrogens with one attached hydrogen (secondary N) is 2. The number of piperidine rings is 1. The third kappa shape index (κ3) is 6.15. The van der Waals surface area contributed by atoms with Gasteiger partial charge in [-0.05, 0) is 55.5 Å². The van der Waals surface area contributed by atoms with Crippen LogP contribution in [0.25, 0.3) is 0 Å². The number of hydrogen-bond acceptors (Lipinski definition) is 3. The van der Waals surface area contributed by atoms with Crippen molar-refractivity contribution in [1.82, 2.24) is 10.2 Å². The largest absolute Gasteiger partial charge is 0.356 e. The number of halogens is 1. The molecule has 3 rings (SSSR count). The standard InChI is InChI=1S/C25H30FN3O3/c1-17(2)12-13-27-23(30)19-8-6-14-29(16-19)25(32)18-7-5-9-20(15-18)28-24(31)21-10-3-4-11-22(21)26/h3-5,7,9-11,15,17,19H,6,8,12-14,16H2,1-2H3,(H,27,30)(H,28,31)/t19-/m0/s1. The Bertz CT molecular complexity index is 976. The third-order valence-electron chi connectivity index (χ3n) is 5.59. The van der Waals surface area contributed by atoms with Crippen LogP contribution in [0.5, 0.6) is 0 Å². The summed E-state index contributed by atoms with van der Waals surface area (Å²) < 4.78 is 13.9. The van der Waals surface area contributed by atoms with Crippen molar-refractivity contribution in [3.63, 3.8) is 0 Å². The molecular formula is C25H30FN3O3. The molecule has 1 heterocycles. The maximum Gasteiger partial charge on any atom is 0.258 e. The number of carbonyl (C=O) groups excluding carboxylic acids is 3. The van der Waals surface area contributed by atoms with Crippen molar-refractivity contribution in [3.05, 3.63) is 65.5 Å². The fourth-order valence-electron chi connectivity index (χ4n) is 3.76. The van der Waals surface area contributed by atoms with Gasteiger partial charge in [0, 0.05) is 30.9 Å². The monoisotopic (exact) mass is 439 g/mol. The second kappa shape index (κ2) is 10.9. The van der Waals surface area contributed by atoms with E-state index in [1.54, 1.807) is 35.2 Å². The molecule has 170 valence electrons. The van der Waals surface area contributed by atoms with Crippen molar-refractivity contribution in [2.24, 2.45) is 11.8 Å². The van der Waals surface area contributed by atoms with Crippen molar-refractivity contribution >= 4 is 23.4 Å². The summed E-state index contributed by atoms with van der Waals surface area (Å²) in [6.07, 6.45) is 2.44. The van der Waals surface area contributed by atoms with Crippen LogP contribution in [0.2, 0.25) is 0 Å². The molecule has 0 aliphatic carbocycles. The summed E-state index contributed by atoms with van der Waals surface area (Å²) in [7, 11) is 0. The molecule has 32 heavy (non-hydrogen) atoms. The van der Waals surface area contributed by atoms with Crippen LogP contribution in [0.3, 0.4) is 0 Å². The molecule has 1 aliphatic heterocycles. The number of nitrogens with zero attached hydrogens (tertiary/aromatic N) is 1. The Hall–Kier alpha value is -3.22. The van der Waals surface area contributed by atoms with Gasteiger partial charge in [0.05, 0.1) is 11.5 Å². The first-order chi connectivity index (χ1) is 15.3. The van der Waals surface area contributed by atoms with E-state index in [4.69, 9.17) is 0 Å². The minimum Gasteiger partial charge on any atom is -0.356 e. The van der Waals surface area contributed by atoms with Crippen LogP contribution in [0, 0.1) is 17.7 Å². The SMILES string of the molecule is CC(C)CCNC(=O)[C@H]1CCCN(C(=O)c2cccc(NC(=O)c3ccccc3F)c2)C1. The summed E-state index contributed by atoms with van der Waals surface area (Å²) in [5, 5.41) is 5.62. The molecule has 0 unspecified atom stereocenters.